The van der Waals surface area contributed by atoms with Gasteiger partial charge in [-0.1, -0.05) is 19.8 Å². The van der Waals surface area contributed by atoms with Crippen molar-refractivity contribution in [2.75, 3.05) is 19.7 Å². The van der Waals surface area contributed by atoms with Crippen molar-refractivity contribution in [1.29, 1.82) is 0 Å². The van der Waals surface area contributed by atoms with Crippen LogP contribution in [-0.4, -0.2) is 42.8 Å². The third-order valence-electron chi connectivity index (χ3n) is 3.84. The minimum Gasteiger partial charge on any atom is -0.375 e. The van der Waals surface area contributed by atoms with Gasteiger partial charge in [0.2, 0.25) is 0 Å². The fourth-order valence-electron chi connectivity index (χ4n) is 2.83. The molecule has 88 valence electrons. The van der Waals surface area contributed by atoms with Crippen molar-refractivity contribution in [3.63, 3.8) is 0 Å². The summed E-state index contributed by atoms with van der Waals surface area (Å²) in [5.74, 6) is 0. The summed E-state index contributed by atoms with van der Waals surface area (Å²) in [4.78, 5) is 2.57. The molecule has 1 aliphatic heterocycles. The Hall–Kier alpha value is -0.120. The van der Waals surface area contributed by atoms with E-state index in [1.54, 1.807) is 0 Å². The summed E-state index contributed by atoms with van der Waals surface area (Å²) < 4.78 is 5.84. The number of nitrogens with zero attached hydrogens (tertiary/aromatic N) is 1. The zero-order chi connectivity index (χ0) is 10.7. The third kappa shape index (κ3) is 2.71. The van der Waals surface area contributed by atoms with Gasteiger partial charge < -0.3 is 10.5 Å². The van der Waals surface area contributed by atoms with Crippen molar-refractivity contribution < 1.29 is 4.74 Å². The van der Waals surface area contributed by atoms with Crippen molar-refractivity contribution in [3.8, 4) is 0 Å². The number of hydrogen-bond acceptors (Lipinski definition) is 3. The third-order valence-corrected chi connectivity index (χ3v) is 3.84. The fraction of sp³-hybridized carbons (Fsp3) is 1.00. The zero-order valence-corrected chi connectivity index (χ0v) is 9.82. The number of ether oxygens (including phenoxy) is 1. The van der Waals surface area contributed by atoms with Gasteiger partial charge in [0, 0.05) is 25.2 Å². The van der Waals surface area contributed by atoms with E-state index >= 15 is 0 Å². The highest BCUT2D eigenvalue weighted by Crippen LogP contribution is 2.28. The van der Waals surface area contributed by atoms with E-state index in [1.807, 2.05) is 0 Å². The molecule has 0 amide bonds. The second-order valence-corrected chi connectivity index (χ2v) is 4.92. The largest absolute Gasteiger partial charge is 0.375 e. The summed E-state index contributed by atoms with van der Waals surface area (Å²) in [6.07, 6.45) is 6.84. The average Bonchev–Trinajstić information content (AvgIpc) is 2.29. The highest BCUT2D eigenvalue weighted by molar-refractivity contribution is 4.88. The van der Waals surface area contributed by atoms with Crippen LogP contribution in [0.2, 0.25) is 0 Å². The first-order valence-electron chi connectivity index (χ1n) is 6.42. The fourth-order valence-corrected chi connectivity index (χ4v) is 2.83. The molecule has 0 bridgehead atoms. The van der Waals surface area contributed by atoms with Crippen LogP contribution in [0.4, 0.5) is 0 Å². The van der Waals surface area contributed by atoms with Crippen LogP contribution in [0.3, 0.4) is 0 Å². The SMILES string of the molecule is CCC(N)CN1CCOC2CCCCC21. The van der Waals surface area contributed by atoms with Gasteiger partial charge in [-0.05, 0) is 19.3 Å². The summed E-state index contributed by atoms with van der Waals surface area (Å²) in [7, 11) is 0. The molecule has 2 aliphatic rings. The summed E-state index contributed by atoms with van der Waals surface area (Å²) in [5.41, 5.74) is 6.04. The van der Waals surface area contributed by atoms with Crippen LogP contribution in [0.25, 0.3) is 0 Å². The highest BCUT2D eigenvalue weighted by atomic mass is 16.5. The maximum absolute atomic E-state index is 6.04. The lowest BCUT2D eigenvalue weighted by Gasteiger charge is -2.44. The quantitative estimate of drug-likeness (QED) is 0.768. The predicted molar refractivity (Wildman–Crippen MR) is 61.8 cm³/mol. The molecule has 2 N–H and O–H groups in total. The van der Waals surface area contributed by atoms with Crippen molar-refractivity contribution in [2.24, 2.45) is 5.73 Å². The van der Waals surface area contributed by atoms with Gasteiger partial charge in [0.1, 0.15) is 0 Å². The number of morpholine rings is 1. The van der Waals surface area contributed by atoms with E-state index in [2.05, 4.69) is 11.8 Å². The van der Waals surface area contributed by atoms with Gasteiger partial charge >= 0.3 is 0 Å². The molecular weight excluding hydrogens is 188 g/mol. The van der Waals surface area contributed by atoms with Crippen LogP contribution in [0.5, 0.6) is 0 Å². The molecule has 0 aromatic rings. The molecule has 1 aliphatic carbocycles. The van der Waals surface area contributed by atoms with E-state index in [0.717, 1.165) is 26.1 Å². The Balaban J connectivity index is 1.91. The van der Waals surface area contributed by atoms with Gasteiger partial charge in [-0.2, -0.15) is 0 Å². The van der Waals surface area contributed by atoms with Gasteiger partial charge in [0.15, 0.2) is 0 Å². The first-order chi connectivity index (χ1) is 7.31. The van der Waals surface area contributed by atoms with Crippen LogP contribution < -0.4 is 5.73 Å². The van der Waals surface area contributed by atoms with Gasteiger partial charge in [-0.25, -0.2) is 0 Å². The van der Waals surface area contributed by atoms with Crippen LogP contribution >= 0.6 is 0 Å². The average molecular weight is 212 g/mol. The summed E-state index contributed by atoms with van der Waals surface area (Å²) in [5, 5.41) is 0. The van der Waals surface area contributed by atoms with Crippen molar-refractivity contribution >= 4 is 0 Å². The molecule has 3 nitrogen and oxygen atoms in total. The Morgan fingerprint density at radius 3 is 3.00 bits per heavy atom. The molecular formula is C12H24N2O. The van der Waals surface area contributed by atoms with Crippen LogP contribution in [-0.2, 0) is 4.74 Å². The standard InChI is InChI=1S/C12H24N2O/c1-2-10(13)9-14-7-8-15-12-6-4-3-5-11(12)14/h10-12H,2-9,13H2,1H3. The summed E-state index contributed by atoms with van der Waals surface area (Å²) in [6, 6.07) is 0.996. The van der Waals surface area contributed by atoms with Crippen molar-refractivity contribution in [1.82, 2.24) is 4.90 Å². The first kappa shape index (κ1) is 11.4. The van der Waals surface area contributed by atoms with E-state index in [0.29, 0.717) is 18.2 Å². The molecule has 2 fully saturated rings. The van der Waals surface area contributed by atoms with Crippen LogP contribution in [0.15, 0.2) is 0 Å². The van der Waals surface area contributed by atoms with E-state index in [-0.39, 0.29) is 0 Å². The molecule has 0 spiro atoms. The molecule has 3 heteroatoms. The Morgan fingerprint density at radius 1 is 1.40 bits per heavy atom. The number of nitrogens with two attached hydrogens (primary N) is 1. The number of hydrogen-bond donors (Lipinski definition) is 1. The highest BCUT2D eigenvalue weighted by Gasteiger charge is 2.34. The predicted octanol–water partition coefficient (Wildman–Crippen LogP) is 1.37. The molecule has 0 radical (unpaired) electrons. The van der Waals surface area contributed by atoms with Crippen molar-refractivity contribution in [2.45, 2.75) is 57.2 Å². The molecule has 1 saturated carbocycles. The second-order valence-electron chi connectivity index (χ2n) is 4.92. The smallest absolute Gasteiger partial charge is 0.0730 e. The van der Waals surface area contributed by atoms with Gasteiger partial charge in [0.25, 0.3) is 0 Å². The molecule has 3 atom stereocenters. The molecule has 15 heavy (non-hydrogen) atoms. The lowest BCUT2D eigenvalue weighted by atomic mass is 9.90. The van der Waals surface area contributed by atoms with E-state index in [4.69, 9.17) is 10.5 Å². The zero-order valence-electron chi connectivity index (χ0n) is 9.82. The molecule has 3 unspecified atom stereocenters. The van der Waals surface area contributed by atoms with E-state index in [9.17, 15) is 0 Å². The summed E-state index contributed by atoms with van der Waals surface area (Å²) >= 11 is 0. The molecule has 0 aromatic carbocycles. The molecule has 2 rings (SSSR count). The number of rotatable bonds is 3. The van der Waals surface area contributed by atoms with Crippen LogP contribution in [0, 0.1) is 0 Å². The van der Waals surface area contributed by atoms with Gasteiger partial charge in [-0.15, -0.1) is 0 Å². The van der Waals surface area contributed by atoms with Gasteiger partial charge in [0.05, 0.1) is 12.7 Å². The molecule has 1 heterocycles. The van der Waals surface area contributed by atoms with E-state index < -0.39 is 0 Å². The molecule has 0 aromatic heterocycles. The van der Waals surface area contributed by atoms with Crippen LogP contribution in [0.1, 0.15) is 39.0 Å². The topological polar surface area (TPSA) is 38.5 Å². The lowest BCUT2D eigenvalue weighted by molar-refractivity contribution is -0.0893. The van der Waals surface area contributed by atoms with E-state index in [1.165, 1.54) is 25.7 Å². The first-order valence-corrected chi connectivity index (χ1v) is 6.42. The second kappa shape index (κ2) is 5.28. The minimum absolute atomic E-state index is 0.339. The monoisotopic (exact) mass is 212 g/mol. The van der Waals surface area contributed by atoms with Crippen molar-refractivity contribution in [3.05, 3.63) is 0 Å². The maximum Gasteiger partial charge on any atom is 0.0730 e. The maximum atomic E-state index is 6.04. The summed E-state index contributed by atoms with van der Waals surface area (Å²) in [6.45, 7) is 5.21. The Labute approximate surface area is 93.0 Å². The minimum atomic E-state index is 0.339. The molecule has 1 saturated heterocycles. The van der Waals surface area contributed by atoms with Gasteiger partial charge in [-0.3, -0.25) is 4.90 Å². The normalized spacial score (nSPS) is 34.8. The lowest BCUT2D eigenvalue weighted by Crippen LogP contribution is -2.55. The Morgan fingerprint density at radius 2 is 2.20 bits per heavy atom. The number of fused-ring (bicyclic) bond motifs is 1. The Kier molecular flexibility index (Phi) is 4.00. The Bertz CT molecular complexity index is 196.